The Balaban J connectivity index is 1.32. The fraction of sp³-hybridized carbons (Fsp3) is 0.588. The topological polar surface area (TPSA) is 27.3 Å². The summed E-state index contributed by atoms with van der Waals surface area (Å²) in [6, 6.07) is 9.15. The molecule has 118 valence electrons. The van der Waals surface area contributed by atoms with Gasteiger partial charge in [0.05, 0.1) is 0 Å². The van der Waals surface area contributed by atoms with Gasteiger partial charge in [-0.15, -0.1) is 0 Å². The van der Waals surface area contributed by atoms with Crippen LogP contribution < -0.4 is 10.6 Å². The third kappa shape index (κ3) is 2.97. The van der Waals surface area contributed by atoms with Gasteiger partial charge in [-0.25, -0.2) is 4.39 Å². The molecule has 1 aromatic carbocycles. The Morgan fingerprint density at radius 2 is 1.59 bits per heavy atom. The Morgan fingerprint density at radius 1 is 1.00 bits per heavy atom. The predicted octanol–water partition coefficient (Wildman–Crippen LogP) is 3.27. The van der Waals surface area contributed by atoms with E-state index in [1.54, 1.807) is 12.1 Å². The standard InChI is InChI=1S/C17H22FN3S/c18-11-1-3-12(4-2-11)19-17(22)20-13-9-15-7-8-16(10-13)21(15)14-5-6-14/h1-4,13-16H,5-10H2,(H2,19,20,22)/t15-,16-/m1/s1. The molecule has 5 heteroatoms. The van der Waals surface area contributed by atoms with Crippen molar-refractivity contribution in [2.45, 2.75) is 62.7 Å². The van der Waals surface area contributed by atoms with Crippen LogP contribution in [0.5, 0.6) is 0 Å². The summed E-state index contributed by atoms with van der Waals surface area (Å²) in [6.07, 6.45) is 7.87. The molecule has 1 aromatic rings. The highest BCUT2D eigenvalue weighted by molar-refractivity contribution is 7.80. The fourth-order valence-electron chi connectivity index (χ4n) is 4.19. The zero-order valence-corrected chi connectivity index (χ0v) is 13.4. The van der Waals surface area contributed by atoms with Gasteiger partial charge in [0.25, 0.3) is 0 Å². The maximum absolute atomic E-state index is 12.9. The van der Waals surface area contributed by atoms with E-state index in [-0.39, 0.29) is 5.82 Å². The number of benzene rings is 1. The van der Waals surface area contributed by atoms with Gasteiger partial charge >= 0.3 is 0 Å². The number of nitrogens with one attached hydrogen (secondary N) is 2. The van der Waals surface area contributed by atoms with Crippen molar-refractivity contribution in [3.05, 3.63) is 30.1 Å². The highest BCUT2D eigenvalue weighted by Gasteiger charge is 2.46. The molecule has 0 radical (unpaired) electrons. The Morgan fingerprint density at radius 3 is 2.18 bits per heavy atom. The molecule has 3 fully saturated rings. The number of hydrogen-bond donors (Lipinski definition) is 2. The number of piperidine rings is 1. The monoisotopic (exact) mass is 319 g/mol. The van der Waals surface area contributed by atoms with Crippen molar-refractivity contribution in [3.8, 4) is 0 Å². The fourth-order valence-corrected chi connectivity index (χ4v) is 4.47. The summed E-state index contributed by atoms with van der Waals surface area (Å²) in [4.78, 5) is 2.79. The Labute approximate surface area is 136 Å². The minimum atomic E-state index is -0.228. The second-order valence-corrected chi connectivity index (χ2v) is 7.25. The lowest BCUT2D eigenvalue weighted by molar-refractivity contribution is 0.114. The molecule has 0 spiro atoms. The summed E-state index contributed by atoms with van der Waals surface area (Å²) in [6.45, 7) is 0. The number of anilines is 1. The van der Waals surface area contributed by atoms with Gasteiger partial charge in [0.2, 0.25) is 0 Å². The maximum atomic E-state index is 12.9. The Bertz CT molecular complexity index is 544. The minimum absolute atomic E-state index is 0.228. The second-order valence-electron chi connectivity index (χ2n) is 6.84. The maximum Gasteiger partial charge on any atom is 0.170 e. The van der Waals surface area contributed by atoms with Crippen molar-refractivity contribution in [1.82, 2.24) is 10.2 Å². The van der Waals surface area contributed by atoms with E-state index in [1.807, 2.05) is 0 Å². The molecule has 2 atom stereocenters. The van der Waals surface area contributed by atoms with Crippen LogP contribution in [0.4, 0.5) is 10.1 Å². The summed E-state index contributed by atoms with van der Waals surface area (Å²) < 4.78 is 12.9. The van der Waals surface area contributed by atoms with Crippen molar-refractivity contribution in [1.29, 1.82) is 0 Å². The van der Waals surface area contributed by atoms with E-state index in [0.717, 1.165) is 23.8 Å². The van der Waals surface area contributed by atoms with Crippen molar-refractivity contribution in [3.63, 3.8) is 0 Å². The van der Waals surface area contributed by atoms with Crippen molar-refractivity contribution < 1.29 is 4.39 Å². The number of rotatable bonds is 3. The lowest BCUT2D eigenvalue weighted by Crippen LogP contribution is -2.51. The van der Waals surface area contributed by atoms with Crippen molar-refractivity contribution in [2.75, 3.05) is 5.32 Å². The van der Waals surface area contributed by atoms with Crippen LogP contribution in [-0.2, 0) is 0 Å². The van der Waals surface area contributed by atoms with Crippen LogP contribution in [0.2, 0.25) is 0 Å². The van der Waals surface area contributed by atoms with Crippen LogP contribution in [-0.4, -0.2) is 34.2 Å². The smallest absolute Gasteiger partial charge is 0.170 e. The number of thiocarbonyl (C=S) groups is 1. The quantitative estimate of drug-likeness (QED) is 0.836. The van der Waals surface area contributed by atoms with Crippen LogP contribution in [0.25, 0.3) is 0 Å². The summed E-state index contributed by atoms with van der Waals surface area (Å²) in [5, 5.41) is 7.26. The molecule has 2 aliphatic heterocycles. The second kappa shape index (κ2) is 5.78. The molecule has 0 aromatic heterocycles. The van der Waals surface area contributed by atoms with Gasteiger partial charge < -0.3 is 10.6 Å². The van der Waals surface area contributed by atoms with E-state index in [0.29, 0.717) is 11.2 Å². The molecule has 3 nitrogen and oxygen atoms in total. The Kier molecular flexibility index (Phi) is 3.78. The largest absolute Gasteiger partial charge is 0.360 e. The van der Waals surface area contributed by atoms with E-state index in [1.165, 1.54) is 50.7 Å². The molecule has 0 unspecified atom stereocenters. The molecule has 1 saturated carbocycles. The summed E-state index contributed by atoms with van der Waals surface area (Å²) in [5.41, 5.74) is 0.831. The van der Waals surface area contributed by atoms with Crippen LogP contribution in [0.3, 0.4) is 0 Å². The van der Waals surface area contributed by atoms with E-state index < -0.39 is 0 Å². The van der Waals surface area contributed by atoms with Crippen LogP contribution >= 0.6 is 12.2 Å². The first-order valence-electron chi connectivity index (χ1n) is 8.29. The number of fused-ring (bicyclic) bond motifs is 2. The first-order chi connectivity index (χ1) is 10.7. The van der Waals surface area contributed by atoms with Gasteiger partial charge in [-0.05, 0) is 75.0 Å². The third-order valence-corrected chi connectivity index (χ3v) is 5.42. The van der Waals surface area contributed by atoms with Crippen molar-refractivity contribution in [2.24, 2.45) is 0 Å². The molecule has 0 amide bonds. The SMILES string of the molecule is Fc1ccc(NC(=S)NC2C[C@H]3CC[C@H](C2)N3C2CC2)cc1. The van der Waals surface area contributed by atoms with Crippen LogP contribution in [0.1, 0.15) is 38.5 Å². The normalized spacial score (nSPS) is 31.0. The van der Waals surface area contributed by atoms with E-state index in [9.17, 15) is 4.39 Å². The number of nitrogens with zero attached hydrogens (tertiary/aromatic N) is 1. The number of hydrogen-bond acceptors (Lipinski definition) is 2. The highest BCUT2D eigenvalue weighted by Crippen LogP contribution is 2.43. The molecular weight excluding hydrogens is 297 g/mol. The molecule has 2 bridgehead atoms. The van der Waals surface area contributed by atoms with E-state index in [2.05, 4.69) is 15.5 Å². The minimum Gasteiger partial charge on any atom is -0.360 e. The summed E-state index contributed by atoms with van der Waals surface area (Å²) >= 11 is 5.41. The van der Waals surface area contributed by atoms with Crippen LogP contribution in [0.15, 0.2) is 24.3 Å². The third-order valence-electron chi connectivity index (χ3n) is 5.20. The van der Waals surface area contributed by atoms with Crippen LogP contribution in [0, 0.1) is 5.82 Å². The lowest BCUT2D eigenvalue weighted by Gasteiger charge is -2.39. The molecular formula is C17H22FN3S. The zero-order chi connectivity index (χ0) is 15.1. The van der Waals surface area contributed by atoms with Gasteiger partial charge in [-0.3, -0.25) is 4.90 Å². The predicted molar refractivity (Wildman–Crippen MR) is 90.4 cm³/mol. The summed E-state index contributed by atoms with van der Waals surface area (Å²) in [7, 11) is 0. The number of halogens is 1. The van der Waals surface area contributed by atoms with Crippen molar-refractivity contribution >= 4 is 23.0 Å². The van der Waals surface area contributed by atoms with Gasteiger partial charge in [0, 0.05) is 29.9 Å². The molecule has 2 heterocycles. The van der Waals surface area contributed by atoms with Gasteiger partial charge in [-0.1, -0.05) is 0 Å². The van der Waals surface area contributed by atoms with Gasteiger partial charge in [0.15, 0.2) is 5.11 Å². The van der Waals surface area contributed by atoms with Gasteiger partial charge in [-0.2, -0.15) is 0 Å². The highest BCUT2D eigenvalue weighted by atomic mass is 32.1. The first kappa shape index (κ1) is 14.4. The Hall–Kier alpha value is -1.20. The van der Waals surface area contributed by atoms with E-state index >= 15 is 0 Å². The average molecular weight is 319 g/mol. The van der Waals surface area contributed by atoms with E-state index in [4.69, 9.17) is 12.2 Å². The lowest BCUT2D eigenvalue weighted by atomic mass is 9.97. The van der Waals surface area contributed by atoms with Gasteiger partial charge in [0.1, 0.15) is 5.82 Å². The zero-order valence-electron chi connectivity index (χ0n) is 12.6. The molecule has 2 saturated heterocycles. The molecule has 2 N–H and O–H groups in total. The molecule has 4 rings (SSSR count). The first-order valence-corrected chi connectivity index (χ1v) is 8.70. The molecule has 3 aliphatic rings. The summed E-state index contributed by atoms with van der Waals surface area (Å²) in [5.74, 6) is -0.228. The molecule has 22 heavy (non-hydrogen) atoms. The molecule has 1 aliphatic carbocycles. The average Bonchev–Trinajstić information content (AvgIpc) is 3.28.